The van der Waals surface area contributed by atoms with Crippen molar-refractivity contribution in [2.24, 2.45) is 5.73 Å². The predicted molar refractivity (Wildman–Crippen MR) is 53.7 cm³/mol. The van der Waals surface area contributed by atoms with Gasteiger partial charge in [0.25, 0.3) is 0 Å². The normalized spacial score (nSPS) is 10.7. The summed E-state index contributed by atoms with van der Waals surface area (Å²) in [5.41, 5.74) is 5.98. The van der Waals surface area contributed by atoms with Gasteiger partial charge < -0.3 is 15.0 Å². The molecule has 0 fully saturated rings. The van der Waals surface area contributed by atoms with Crippen LogP contribution in [0.15, 0.2) is 23.1 Å². The third-order valence-electron chi connectivity index (χ3n) is 1.95. The SMILES string of the molecule is COc1c(CCN)cccc1S(=O)(=O)[O-].[Na+]. The van der Waals surface area contributed by atoms with Gasteiger partial charge in [-0.2, -0.15) is 0 Å². The molecule has 0 unspecified atom stereocenters. The van der Waals surface area contributed by atoms with E-state index in [1.165, 1.54) is 19.2 Å². The van der Waals surface area contributed by atoms with Crippen molar-refractivity contribution >= 4 is 10.1 Å². The Morgan fingerprint density at radius 3 is 2.50 bits per heavy atom. The maximum Gasteiger partial charge on any atom is 1.00 e. The molecule has 0 saturated heterocycles. The number of hydrogen-bond donors (Lipinski definition) is 1. The molecule has 0 aliphatic carbocycles. The monoisotopic (exact) mass is 253 g/mol. The average molecular weight is 253 g/mol. The van der Waals surface area contributed by atoms with Crippen molar-refractivity contribution in [3.63, 3.8) is 0 Å². The number of hydrogen-bond acceptors (Lipinski definition) is 5. The summed E-state index contributed by atoms with van der Waals surface area (Å²) in [6.45, 7) is 0.360. The van der Waals surface area contributed by atoms with Crippen LogP contribution >= 0.6 is 0 Å². The van der Waals surface area contributed by atoms with Gasteiger partial charge in [0.1, 0.15) is 15.9 Å². The second kappa shape index (κ2) is 6.58. The van der Waals surface area contributed by atoms with Gasteiger partial charge in [-0.25, -0.2) is 8.42 Å². The van der Waals surface area contributed by atoms with E-state index in [9.17, 15) is 13.0 Å². The van der Waals surface area contributed by atoms with E-state index in [1.54, 1.807) is 6.07 Å². The van der Waals surface area contributed by atoms with E-state index in [2.05, 4.69) is 0 Å². The van der Waals surface area contributed by atoms with Crippen molar-refractivity contribution in [2.75, 3.05) is 13.7 Å². The summed E-state index contributed by atoms with van der Waals surface area (Å²) >= 11 is 0. The summed E-state index contributed by atoms with van der Waals surface area (Å²) in [5.74, 6) is 0.0953. The first-order valence-corrected chi connectivity index (χ1v) is 5.73. The topological polar surface area (TPSA) is 92.5 Å². The van der Waals surface area contributed by atoms with Crippen LogP contribution in [-0.4, -0.2) is 26.6 Å². The van der Waals surface area contributed by atoms with Crippen molar-refractivity contribution in [1.29, 1.82) is 0 Å². The molecule has 0 amide bonds. The molecular weight excluding hydrogens is 241 g/mol. The summed E-state index contributed by atoms with van der Waals surface area (Å²) < 4.78 is 37.6. The van der Waals surface area contributed by atoms with Gasteiger partial charge in [-0.15, -0.1) is 0 Å². The van der Waals surface area contributed by atoms with Crippen molar-refractivity contribution < 1.29 is 47.3 Å². The Hall–Kier alpha value is -0.110. The van der Waals surface area contributed by atoms with Crippen LogP contribution in [0.1, 0.15) is 5.56 Å². The van der Waals surface area contributed by atoms with Gasteiger partial charge in [0.15, 0.2) is 0 Å². The third-order valence-corrected chi connectivity index (χ3v) is 2.81. The third kappa shape index (κ3) is 3.73. The zero-order valence-corrected chi connectivity index (χ0v) is 12.1. The van der Waals surface area contributed by atoms with Gasteiger partial charge in [0.2, 0.25) is 0 Å². The molecule has 1 aromatic carbocycles. The van der Waals surface area contributed by atoms with E-state index < -0.39 is 10.1 Å². The molecule has 0 spiro atoms. The van der Waals surface area contributed by atoms with Gasteiger partial charge in [-0.3, -0.25) is 0 Å². The van der Waals surface area contributed by atoms with Crippen LogP contribution in [0.25, 0.3) is 0 Å². The van der Waals surface area contributed by atoms with Crippen molar-refractivity contribution in [3.8, 4) is 5.75 Å². The number of nitrogens with two attached hydrogens (primary N) is 1. The number of benzene rings is 1. The van der Waals surface area contributed by atoms with E-state index in [0.717, 1.165) is 0 Å². The molecular formula is C9H12NNaO4S. The van der Waals surface area contributed by atoms with Crippen molar-refractivity contribution in [1.82, 2.24) is 0 Å². The summed E-state index contributed by atoms with van der Waals surface area (Å²) in [6.07, 6.45) is 0.465. The fraction of sp³-hybridized carbons (Fsp3) is 0.333. The summed E-state index contributed by atoms with van der Waals surface area (Å²) in [7, 11) is -3.18. The van der Waals surface area contributed by atoms with Crippen molar-refractivity contribution in [3.05, 3.63) is 23.8 Å². The maximum absolute atomic E-state index is 10.9. The van der Waals surface area contributed by atoms with Gasteiger partial charge in [-0.1, -0.05) is 12.1 Å². The number of methoxy groups -OCH3 is 1. The molecule has 0 aromatic heterocycles. The summed E-state index contributed by atoms with van der Waals surface area (Å²) in [4.78, 5) is -0.337. The first-order chi connectivity index (χ1) is 7.00. The summed E-state index contributed by atoms with van der Waals surface area (Å²) in [6, 6.07) is 4.40. The Kier molecular flexibility index (Phi) is 6.54. The fourth-order valence-electron chi connectivity index (χ4n) is 1.34. The van der Waals surface area contributed by atoms with Crippen LogP contribution in [0, 0.1) is 0 Å². The molecule has 0 aliphatic heterocycles. The Morgan fingerprint density at radius 2 is 2.06 bits per heavy atom. The van der Waals surface area contributed by atoms with Gasteiger partial charge in [-0.05, 0) is 24.6 Å². The van der Waals surface area contributed by atoms with Gasteiger partial charge >= 0.3 is 29.6 Å². The van der Waals surface area contributed by atoms with E-state index in [4.69, 9.17) is 10.5 Å². The van der Waals surface area contributed by atoms with E-state index in [1.807, 2.05) is 0 Å². The maximum atomic E-state index is 10.9. The van der Waals surface area contributed by atoms with Crippen LogP contribution < -0.4 is 40.0 Å². The molecule has 0 aliphatic rings. The van der Waals surface area contributed by atoms with Crippen LogP contribution in [0.5, 0.6) is 5.75 Å². The molecule has 1 aromatic rings. The largest absolute Gasteiger partial charge is 1.00 e. The Bertz CT molecular complexity index is 447. The van der Waals surface area contributed by atoms with E-state index in [-0.39, 0.29) is 40.2 Å². The minimum Gasteiger partial charge on any atom is -0.744 e. The molecule has 5 nitrogen and oxygen atoms in total. The molecule has 0 saturated carbocycles. The number of rotatable bonds is 4. The van der Waals surface area contributed by atoms with Crippen LogP contribution in [0.4, 0.5) is 0 Å². The fourth-order valence-corrected chi connectivity index (χ4v) is 2.03. The van der Waals surface area contributed by atoms with Gasteiger partial charge in [0.05, 0.1) is 12.0 Å². The zero-order chi connectivity index (χ0) is 11.5. The molecule has 7 heteroatoms. The minimum absolute atomic E-state index is 0. The second-order valence-corrected chi connectivity index (χ2v) is 4.29. The second-order valence-electron chi connectivity index (χ2n) is 2.94. The Balaban J connectivity index is 0.00000225. The Morgan fingerprint density at radius 1 is 1.44 bits per heavy atom. The summed E-state index contributed by atoms with van der Waals surface area (Å²) in [5, 5.41) is 0. The average Bonchev–Trinajstić information content (AvgIpc) is 2.16. The molecule has 0 heterocycles. The minimum atomic E-state index is -4.50. The zero-order valence-electron chi connectivity index (χ0n) is 9.26. The van der Waals surface area contributed by atoms with Crippen LogP contribution in [-0.2, 0) is 16.5 Å². The number of para-hydroxylation sites is 1. The van der Waals surface area contributed by atoms with Gasteiger partial charge in [0, 0.05) is 0 Å². The molecule has 16 heavy (non-hydrogen) atoms. The Labute approximate surface area is 117 Å². The standard InChI is InChI=1S/C9H13NO4S.Na/c1-14-9-7(5-6-10)3-2-4-8(9)15(11,12)13;/h2-4H,5-6,10H2,1H3,(H,11,12,13);/q;+1/p-1. The first kappa shape index (κ1) is 15.9. The number of ether oxygens (including phenoxy) is 1. The molecule has 0 radical (unpaired) electrons. The molecule has 84 valence electrons. The molecule has 0 atom stereocenters. The molecule has 1 rings (SSSR count). The predicted octanol–water partition coefficient (Wildman–Crippen LogP) is -2.90. The first-order valence-electron chi connectivity index (χ1n) is 4.32. The van der Waals surface area contributed by atoms with Crippen molar-refractivity contribution in [2.45, 2.75) is 11.3 Å². The van der Waals surface area contributed by atoms with E-state index in [0.29, 0.717) is 18.5 Å². The van der Waals surface area contributed by atoms with Crippen LogP contribution in [0.2, 0.25) is 0 Å². The van der Waals surface area contributed by atoms with E-state index >= 15 is 0 Å². The molecule has 2 N–H and O–H groups in total. The molecule has 0 bridgehead atoms. The van der Waals surface area contributed by atoms with Crippen LogP contribution in [0.3, 0.4) is 0 Å². The smallest absolute Gasteiger partial charge is 0.744 e. The quantitative estimate of drug-likeness (QED) is 0.459.